The lowest BCUT2D eigenvalue weighted by atomic mass is 9.92. The number of carbonyl (C=O) groups is 3. The van der Waals surface area contributed by atoms with Crippen LogP contribution in [0.25, 0.3) is 0 Å². The molecule has 1 atom stereocenters. The maximum atomic E-state index is 12.7. The van der Waals surface area contributed by atoms with Gasteiger partial charge in [0, 0.05) is 11.2 Å². The van der Waals surface area contributed by atoms with Crippen molar-refractivity contribution in [3.05, 3.63) is 64.9 Å². The van der Waals surface area contributed by atoms with Crippen LogP contribution in [-0.4, -0.2) is 27.8 Å². The average molecular weight is 345 g/mol. The van der Waals surface area contributed by atoms with Crippen LogP contribution in [-0.2, 0) is 10.3 Å². The van der Waals surface area contributed by atoms with E-state index < -0.39 is 23.4 Å². The topological polar surface area (TPSA) is 91.4 Å². The van der Waals surface area contributed by atoms with E-state index in [0.29, 0.717) is 15.6 Å². The molecular weight excluding hydrogens is 332 g/mol. The Balaban J connectivity index is 1.84. The summed E-state index contributed by atoms with van der Waals surface area (Å²) in [4.78, 5) is 40.8. The molecule has 2 aromatic rings. The predicted octanol–water partition coefficient (Wildman–Crippen LogP) is 1.85. The molecule has 0 aliphatic carbocycles. The first-order valence-corrected chi connectivity index (χ1v) is 7.44. The van der Waals surface area contributed by atoms with Crippen LogP contribution >= 0.6 is 11.6 Å². The summed E-state index contributed by atoms with van der Waals surface area (Å²) in [6.07, 6.45) is 1.36. The van der Waals surface area contributed by atoms with Crippen molar-refractivity contribution in [2.45, 2.75) is 12.5 Å². The molecule has 122 valence electrons. The lowest BCUT2D eigenvalue weighted by Gasteiger charge is -2.22. The highest BCUT2D eigenvalue weighted by Crippen LogP contribution is 2.27. The van der Waals surface area contributed by atoms with Gasteiger partial charge in [-0.3, -0.25) is 20.0 Å². The van der Waals surface area contributed by atoms with E-state index in [2.05, 4.69) is 15.7 Å². The van der Waals surface area contributed by atoms with Crippen LogP contribution in [0.3, 0.4) is 0 Å². The quantitative estimate of drug-likeness (QED) is 0.831. The number of halogens is 1. The molecule has 24 heavy (non-hydrogen) atoms. The fourth-order valence-corrected chi connectivity index (χ4v) is 2.56. The van der Waals surface area contributed by atoms with Crippen LogP contribution in [0.2, 0.25) is 5.02 Å². The Morgan fingerprint density at radius 3 is 2.62 bits per heavy atom. The van der Waals surface area contributed by atoms with Gasteiger partial charge in [-0.1, -0.05) is 41.9 Å². The minimum absolute atomic E-state index is 0.00332. The van der Waals surface area contributed by atoms with Gasteiger partial charge in [-0.2, -0.15) is 5.01 Å². The monoisotopic (exact) mass is 344 g/mol. The average Bonchev–Trinajstić information content (AvgIpc) is 2.80. The number of pyridine rings is 1. The van der Waals surface area contributed by atoms with Gasteiger partial charge < -0.3 is 5.32 Å². The Morgan fingerprint density at radius 2 is 1.96 bits per heavy atom. The first-order valence-electron chi connectivity index (χ1n) is 7.06. The van der Waals surface area contributed by atoms with Crippen LogP contribution < -0.4 is 10.7 Å². The number of hydrogen-bond acceptors (Lipinski definition) is 4. The summed E-state index contributed by atoms with van der Waals surface area (Å²) in [5.41, 5.74) is 1.61. The molecule has 1 aliphatic rings. The number of urea groups is 1. The van der Waals surface area contributed by atoms with Crippen molar-refractivity contribution in [3.63, 3.8) is 0 Å². The third kappa shape index (κ3) is 2.69. The van der Waals surface area contributed by atoms with Gasteiger partial charge in [0.2, 0.25) is 0 Å². The molecule has 0 radical (unpaired) electrons. The van der Waals surface area contributed by atoms with Gasteiger partial charge in [0.05, 0.1) is 0 Å². The highest BCUT2D eigenvalue weighted by atomic mass is 35.5. The number of benzene rings is 1. The van der Waals surface area contributed by atoms with Crippen molar-refractivity contribution in [3.8, 4) is 0 Å². The second-order valence-electron chi connectivity index (χ2n) is 5.36. The number of nitrogens with zero attached hydrogens (tertiary/aromatic N) is 2. The summed E-state index contributed by atoms with van der Waals surface area (Å²) in [6.45, 7) is 1.58. The fourth-order valence-electron chi connectivity index (χ4n) is 2.40. The summed E-state index contributed by atoms with van der Waals surface area (Å²) < 4.78 is 0. The van der Waals surface area contributed by atoms with Crippen molar-refractivity contribution in [2.75, 3.05) is 0 Å². The van der Waals surface area contributed by atoms with Crippen molar-refractivity contribution >= 4 is 29.4 Å². The Hall–Kier alpha value is -2.93. The van der Waals surface area contributed by atoms with Crippen molar-refractivity contribution in [1.29, 1.82) is 0 Å². The van der Waals surface area contributed by atoms with Crippen LogP contribution in [0.4, 0.5) is 4.79 Å². The van der Waals surface area contributed by atoms with E-state index >= 15 is 0 Å². The molecule has 4 amide bonds. The van der Waals surface area contributed by atoms with Crippen molar-refractivity contribution < 1.29 is 14.4 Å². The molecule has 7 nitrogen and oxygen atoms in total. The van der Waals surface area contributed by atoms with Crippen LogP contribution in [0.1, 0.15) is 23.0 Å². The first kappa shape index (κ1) is 15.9. The Morgan fingerprint density at radius 1 is 1.25 bits per heavy atom. The molecule has 0 spiro atoms. The number of imide groups is 1. The zero-order chi connectivity index (χ0) is 17.3. The standard InChI is InChI=1S/C16H13ClN4O3/c1-16(10-5-3-2-4-6-10)14(23)21(15(24)19-16)20-13(22)12-9-11(17)7-8-18-12/h2-9H,1H3,(H,19,24)(H,20,22). The number of hydrazine groups is 1. The second kappa shape index (κ2) is 5.93. The van der Waals surface area contributed by atoms with Crippen LogP contribution in [0, 0.1) is 0 Å². The van der Waals surface area contributed by atoms with Crippen molar-refractivity contribution in [2.24, 2.45) is 0 Å². The molecular formula is C16H13ClN4O3. The number of nitrogens with one attached hydrogen (secondary N) is 2. The molecule has 8 heteroatoms. The normalized spacial score (nSPS) is 20.0. The molecule has 0 bridgehead atoms. The van der Waals surface area contributed by atoms with Gasteiger partial charge in [0.15, 0.2) is 0 Å². The maximum Gasteiger partial charge on any atom is 0.344 e. The first-order chi connectivity index (χ1) is 11.4. The van der Waals surface area contributed by atoms with Gasteiger partial charge in [-0.25, -0.2) is 4.79 Å². The molecule has 1 fully saturated rings. The maximum absolute atomic E-state index is 12.7. The lowest BCUT2D eigenvalue weighted by Crippen LogP contribution is -2.48. The van der Waals surface area contributed by atoms with E-state index in [1.165, 1.54) is 18.3 Å². The third-order valence-electron chi connectivity index (χ3n) is 3.71. The molecule has 1 aromatic carbocycles. The SMILES string of the molecule is CC1(c2ccccc2)NC(=O)N(NC(=O)c2cc(Cl)ccn2)C1=O. The van der Waals surface area contributed by atoms with E-state index in [9.17, 15) is 14.4 Å². The molecule has 0 saturated carbocycles. The van der Waals surface area contributed by atoms with Gasteiger partial charge in [0.25, 0.3) is 11.8 Å². The van der Waals surface area contributed by atoms with E-state index in [4.69, 9.17) is 11.6 Å². The smallest absolute Gasteiger partial charge is 0.318 e. The molecule has 2 heterocycles. The summed E-state index contributed by atoms with van der Waals surface area (Å²) in [5.74, 6) is -1.30. The zero-order valence-electron chi connectivity index (χ0n) is 12.6. The Labute approximate surface area is 142 Å². The molecule has 2 N–H and O–H groups in total. The van der Waals surface area contributed by atoms with Gasteiger partial charge >= 0.3 is 6.03 Å². The van der Waals surface area contributed by atoms with Crippen molar-refractivity contribution in [1.82, 2.24) is 20.7 Å². The van der Waals surface area contributed by atoms with E-state index in [1.54, 1.807) is 37.3 Å². The number of aromatic nitrogens is 1. The lowest BCUT2D eigenvalue weighted by molar-refractivity contribution is -0.132. The highest BCUT2D eigenvalue weighted by molar-refractivity contribution is 6.30. The summed E-state index contributed by atoms with van der Waals surface area (Å²) in [6, 6.07) is 10.9. The molecule has 3 rings (SSSR count). The van der Waals surface area contributed by atoms with E-state index in [0.717, 1.165) is 0 Å². The Bertz CT molecular complexity index is 827. The van der Waals surface area contributed by atoms with E-state index in [1.807, 2.05) is 0 Å². The summed E-state index contributed by atoms with van der Waals surface area (Å²) in [5, 5.41) is 3.56. The van der Waals surface area contributed by atoms with Crippen LogP contribution in [0.5, 0.6) is 0 Å². The number of rotatable bonds is 3. The predicted molar refractivity (Wildman–Crippen MR) is 85.9 cm³/mol. The van der Waals surface area contributed by atoms with Gasteiger partial charge in [0.1, 0.15) is 11.2 Å². The van der Waals surface area contributed by atoms with Gasteiger partial charge in [-0.05, 0) is 24.6 Å². The number of carbonyl (C=O) groups excluding carboxylic acids is 3. The summed E-state index contributed by atoms with van der Waals surface area (Å²) in [7, 11) is 0. The number of amides is 4. The molecule has 1 saturated heterocycles. The minimum Gasteiger partial charge on any atom is -0.318 e. The highest BCUT2D eigenvalue weighted by Gasteiger charge is 2.50. The third-order valence-corrected chi connectivity index (χ3v) is 3.95. The zero-order valence-corrected chi connectivity index (χ0v) is 13.4. The molecule has 1 aromatic heterocycles. The van der Waals surface area contributed by atoms with Crippen LogP contribution in [0.15, 0.2) is 48.7 Å². The molecule has 1 unspecified atom stereocenters. The fraction of sp³-hybridized carbons (Fsp3) is 0.125. The second-order valence-corrected chi connectivity index (χ2v) is 5.80. The molecule has 1 aliphatic heterocycles. The Kier molecular flexibility index (Phi) is 3.94. The number of hydrogen-bond donors (Lipinski definition) is 2. The summed E-state index contributed by atoms with van der Waals surface area (Å²) >= 11 is 5.81. The van der Waals surface area contributed by atoms with Gasteiger partial charge in [-0.15, -0.1) is 0 Å². The van der Waals surface area contributed by atoms with E-state index in [-0.39, 0.29) is 5.69 Å². The largest absolute Gasteiger partial charge is 0.344 e. The minimum atomic E-state index is -1.26.